The Morgan fingerprint density at radius 3 is 2.64 bits per heavy atom. The second-order valence-electron chi connectivity index (χ2n) is 6.75. The van der Waals surface area contributed by atoms with Gasteiger partial charge in [0, 0.05) is 11.3 Å². The van der Waals surface area contributed by atoms with E-state index in [0.717, 1.165) is 28.1 Å². The molecule has 0 fully saturated rings. The Hall–Kier alpha value is -3.07. The number of hydrogen-bond donors (Lipinski definition) is 1. The molecule has 2 heterocycles. The zero-order valence-corrected chi connectivity index (χ0v) is 14.3. The van der Waals surface area contributed by atoms with Crippen LogP contribution in [0.2, 0.25) is 0 Å². The fraction of sp³-hybridized carbons (Fsp3) is 0.136. The lowest BCUT2D eigenvalue weighted by molar-refractivity contribution is 0.664. The number of rotatable bonds is 1. The van der Waals surface area contributed by atoms with Crippen LogP contribution in [0.15, 0.2) is 66.7 Å². The fourth-order valence-electron chi connectivity index (χ4n) is 3.78. The molecule has 0 bridgehead atoms. The molecule has 0 spiro atoms. The molecule has 3 aromatic carbocycles. The Bertz CT molecular complexity index is 1110. The SMILES string of the molecule is Cc1ccc(C)c([C@H]2Nc3ccccc3-c3nc4ccccc4n32)c1. The summed E-state index contributed by atoms with van der Waals surface area (Å²) in [4.78, 5) is 4.95. The van der Waals surface area contributed by atoms with Gasteiger partial charge in [0.05, 0.1) is 11.0 Å². The zero-order valence-electron chi connectivity index (χ0n) is 14.3. The normalized spacial score (nSPS) is 15.5. The first-order valence-corrected chi connectivity index (χ1v) is 8.62. The quantitative estimate of drug-likeness (QED) is 0.515. The molecule has 0 unspecified atom stereocenters. The van der Waals surface area contributed by atoms with Crippen molar-refractivity contribution in [2.75, 3.05) is 5.32 Å². The number of nitrogens with one attached hydrogen (secondary N) is 1. The minimum absolute atomic E-state index is 0.0391. The third-order valence-electron chi connectivity index (χ3n) is 5.04. The van der Waals surface area contributed by atoms with Gasteiger partial charge in [0.25, 0.3) is 0 Å². The Kier molecular flexibility index (Phi) is 2.98. The molecule has 0 saturated carbocycles. The lowest BCUT2D eigenvalue weighted by atomic mass is 10.00. The van der Waals surface area contributed by atoms with Gasteiger partial charge in [0.15, 0.2) is 0 Å². The summed E-state index contributed by atoms with van der Waals surface area (Å²) < 4.78 is 2.33. The molecule has 1 aromatic heterocycles. The van der Waals surface area contributed by atoms with Gasteiger partial charge in [0.1, 0.15) is 12.0 Å². The molecule has 25 heavy (non-hydrogen) atoms. The Morgan fingerprint density at radius 1 is 0.920 bits per heavy atom. The molecule has 3 heteroatoms. The molecule has 5 rings (SSSR count). The molecule has 0 saturated heterocycles. The number of aromatic nitrogens is 2. The lowest BCUT2D eigenvalue weighted by Gasteiger charge is -2.31. The fourth-order valence-corrected chi connectivity index (χ4v) is 3.78. The summed E-state index contributed by atoms with van der Waals surface area (Å²) in [6, 6.07) is 23.4. The number of fused-ring (bicyclic) bond motifs is 5. The summed E-state index contributed by atoms with van der Waals surface area (Å²) in [6.45, 7) is 4.32. The smallest absolute Gasteiger partial charge is 0.145 e. The van der Waals surface area contributed by atoms with Crippen LogP contribution in [0.3, 0.4) is 0 Å². The molecule has 0 radical (unpaired) electrons. The first-order valence-electron chi connectivity index (χ1n) is 8.62. The highest BCUT2D eigenvalue weighted by Crippen LogP contribution is 2.41. The summed E-state index contributed by atoms with van der Waals surface area (Å²) >= 11 is 0. The van der Waals surface area contributed by atoms with Gasteiger partial charge in [-0.2, -0.15) is 0 Å². The van der Waals surface area contributed by atoms with Gasteiger partial charge in [-0.1, -0.05) is 48.0 Å². The van der Waals surface area contributed by atoms with Crippen LogP contribution in [0.5, 0.6) is 0 Å². The molecule has 1 N–H and O–H groups in total. The molecule has 3 nitrogen and oxygen atoms in total. The number of hydrogen-bond acceptors (Lipinski definition) is 2. The van der Waals surface area contributed by atoms with Gasteiger partial charge in [0.2, 0.25) is 0 Å². The summed E-state index contributed by atoms with van der Waals surface area (Å²) in [6.07, 6.45) is 0.0391. The maximum absolute atomic E-state index is 4.95. The van der Waals surface area contributed by atoms with Crippen molar-refractivity contribution in [3.8, 4) is 11.4 Å². The number of benzene rings is 3. The van der Waals surface area contributed by atoms with E-state index < -0.39 is 0 Å². The molecular formula is C22H19N3. The second kappa shape index (κ2) is 5.21. The van der Waals surface area contributed by atoms with Crippen molar-refractivity contribution in [1.82, 2.24) is 9.55 Å². The standard InChI is InChI=1S/C22H19N3/c1-14-11-12-15(2)17(13-14)22-23-18-8-4-3-7-16(18)21-24-19-9-5-6-10-20(19)25(21)22/h3-13,22-23H,1-2H3/t22-/m0/s1. The van der Waals surface area contributed by atoms with Crippen LogP contribution in [0.4, 0.5) is 5.69 Å². The number of anilines is 1. The molecular weight excluding hydrogens is 306 g/mol. The van der Waals surface area contributed by atoms with Crippen LogP contribution in [0, 0.1) is 13.8 Å². The highest BCUT2D eigenvalue weighted by atomic mass is 15.2. The van der Waals surface area contributed by atoms with Crippen molar-refractivity contribution >= 4 is 16.7 Å². The summed E-state index contributed by atoms with van der Waals surface area (Å²) in [5, 5.41) is 3.74. The third kappa shape index (κ3) is 2.09. The van der Waals surface area contributed by atoms with E-state index in [1.54, 1.807) is 0 Å². The van der Waals surface area contributed by atoms with E-state index in [-0.39, 0.29) is 6.17 Å². The molecule has 4 aromatic rings. The predicted octanol–water partition coefficient (Wildman–Crippen LogP) is 5.29. The van der Waals surface area contributed by atoms with Crippen LogP contribution < -0.4 is 5.32 Å². The largest absolute Gasteiger partial charge is 0.361 e. The molecule has 0 aliphatic carbocycles. The Labute approximate surface area is 147 Å². The third-order valence-corrected chi connectivity index (χ3v) is 5.04. The van der Waals surface area contributed by atoms with E-state index in [1.807, 2.05) is 6.07 Å². The monoisotopic (exact) mass is 325 g/mol. The van der Waals surface area contributed by atoms with Crippen LogP contribution in [0.25, 0.3) is 22.4 Å². The van der Waals surface area contributed by atoms with Crippen molar-refractivity contribution < 1.29 is 0 Å². The van der Waals surface area contributed by atoms with Crippen molar-refractivity contribution in [1.29, 1.82) is 0 Å². The first kappa shape index (κ1) is 14.3. The minimum atomic E-state index is 0.0391. The Balaban J connectivity index is 1.85. The Morgan fingerprint density at radius 2 is 1.72 bits per heavy atom. The number of aryl methyl sites for hydroxylation is 2. The second-order valence-corrected chi connectivity index (χ2v) is 6.75. The highest BCUT2D eigenvalue weighted by molar-refractivity contribution is 5.86. The van der Waals surface area contributed by atoms with Gasteiger partial charge in [-0.05, 0) is 49.2 Å². The molecule has 122 valence electrons. The van der Waals surface area contributed by atoms with Gasteiger partial charge < -0.3 is 5.32 Å². The molecule has 0 amide bonds. The lowest BCUT2D eigenvalue weighted by Crippen LogP contribution is -2.25. The van der Waals surface area contributed by atoms with Crippen molar-refractivity contribution in [2.45, 2.75) is 20.0 Å². The van der Waals surface area contributed by atoms with E-state index in [1.165, 1.54) is 16.7 Å². The highest BCUT2D eigenvalue weighted by Gasteiger charge is 2.28. The zero-order chi connectivity index (χ0) is 17.0. The maximum Gasteiger partial charge on any atom is 0.145 e. The van der Waals surface area contributed by atoms with Crippen LogP contribution in [-0.4, -0.2) is 9.55 Å². The summed E-state index contributed by atoms with van der Waals surface area (Å²) in [5.74, 6) is 1.03. The molecule has 1 aliphatic rings. The summed E-state index contributed by atoms with van der Waals surface area (Å²) in [5.41, 5.74) is 8.32. The van der Waals surface area contributed by atoms with E-state index in [0.29, 0.717) is 0 Å². The average Bonchev–Trinajstić information content (AvgIpc) is 3.03. The van der Waals surface area contributed by atoms with E-state index in [9.17, 15) is 0 Å². The van der Waals surface area contributed by atoms with Crippen molar-refractivity contribution in [3.63, 3.8) is 0 Å². The topological polar surface area (TPSA) is 29.9 Å². The van der Waals surface area contributed by atoms with Gasteiger partial charge >= 0.3 is 0 Å². The predicted molar refractivity (Wildman–Crippen MR) is 103 cm³/mol. The molecule has 1 atom stereocenters. The molecule has 1 aliphatic heterocycles. The average molecular weight is 325 g/mol. The van der Waals surface area contributed by atoms with Crippen molar-refractivity contribution in [3.05, 3.63) is 83.4 Å². The van der Waals surface area contributed by atoms with E-state index in [4.69, 9.17) is 4.98 Å². The van der Waals surface area contributed by atoms with Crippen LogP contribution >= 0.6 is 0 Å². The van der Waals surface area contributed by atoms with E-state index in [2.05, 4.69) is 84.4 Å². The number of para-hydroxylation sites is 3. The van der Waals surface area contributed by atoms with Gasteiger partial charge in [-0.15, -0.1) is 0 Å². The number of nitrogens with zero attached hydrogens (tertiary/aromatic N) is 2. The van der Waals surface area contributed by atoms with Crippen LogP contribution in [-0.2, 0) is 0 Å². The first-order chi connectivity index (χ1) is 12.2. The maximum atomic E-state index is 4.95. The van der Waals surface area contributed by atoms with Crippen LogP contribution in [0.1, 0.15) is 22.9 Å². The number of imidazole rings is 1. The van der Waals surface area contributed by atoms with Gasteiger partial charge in [-0.3, -0.25) is 4.57 Å². The summed E-state index contributed by atoms with van der Waals surface area (Å²) in [7, 11) is 0. The minimum Gasteiger partial charge on any atom is -0.361 e. The van der Waals surface area contributed by atoms with Gasteiger partial charge in [-0.25, -0.2) is 4.98 Å². The van der Waals surface area contributed by atoms with E-state index >= 15 is 0 Å². The van der Waals surface area contributed by atoms with Crippen molar-refractivity contribution in [2.24, 2.45) is 0 Å².